The van der Waals surface area contributed by atoms with Crippen molar-refractivity contribution in [2.75, 3.05) is 0 Å². The van der Waals surface area contributed by atoms with E-state index in [0.717, 1.165) is 48.3 Å². The number of allylic oxidation sites excluding steroid dienone is 2. The minimum absolute atomic E-state index is 0.0926. The fourth-order valence-electron chi connectivity index (χ4n) is 9.12. The molecule has 0 aromatic heterocycles. The van der Waals surface area contributed by atoms with Gasteiger partial charge in [-0.3, -0.25) is 4.79 Å². The molecule has 0 unspecified atom stereocenters. The van der Waals surface area contributed by atoms with Crippen LogP contribution >= 0.6 is 0 Å². The van der Waals surface area contributed by atoms with Crippen LogP contribution < -0.4 is 0 Å². The Morgan fingerprint density at radius 2 is 1.67 bits per heavy atom. The van der Waals surface area contributed by atoms with Crippen molar-refractivity contribution in [2.45, 2.75) is 112 Å². The van der Waals surface area contributed by atoms with Crippen LogP contribution in [0.1, 0.15) is 106 Å². The van der Waals surface area contributed by atoms with E-state index in [4.69, 9.17) is 4.74 Å². The van der Waals surface area contributed by atoms with Gasteiger partial charge in [-0.25, -0.2) is 0 Å². The summed E-state index contributed by atoms with van der Waals surface area (Å²) in [5.41, 5.74) is 2.52. The maximum Gasteiger partial charge on any atom is 0.302 e. The molecule has 0 aliphatic heterocycles. The van der Waals surface area contributed by atoms with Crippen molar-refractivity contribution in [3.8, 4) is 0 Å². The maximum atomic E-state index is 11.5. The zero-order valence-corrected chi connectivity index (χ0v) is 20.5. The van der Waals surface area contributed by atoms with Gasteiger partial charge in [0.2, 0.25) is 0 Å². The Labute approximate surface area is 185 Å². The number of ether oxygens (including phenoxy) is 1. The monoisotopic (exact) mass is 414 g/mol. The summed E-state index contributed by atoms with van der Waals surface area (Å²) in [7, 11) is 0. The largest absolute Gasteiger partial charge is 0.463 e. The lowest BCUT2D eigenvalue weighted by atomic mass is 9.44. The quantitative estimate of drug-likeness (QED) is 0.350. The maximum absolute atomic E-state index is 11.5. The first kappa shape index (κ1) is 22.4. The van der Waals surface area contributed by atoms with Gasteiger partial charge in [0.25, 0.3) is 0 Å². The topological polar surface area (TPSA) is 26.3 Å². The van der Waals surface area contributed by atoms with Crippen LogP contribution in [-0.2, 0) is 9.53 Å². The number of carbonyl (C=O) groups excluding carboxylic acids is 1. The van der Waals surface area contributed by atoms with Gasteiger partial charge in [-0.05, 0) is 124 Å². The summed E-state index contributed by atoms with van der Waals surface area (Å²) in [6.45, 7) is 13.9. The number of rotatable bonds is 4. The van der Waals surface area contributed by atoms with E-state index in [1.165, 1.54) is 56.9 Å². The normalized spacial score (nSPS) is 46.2. The zero-order chi connectivity index (χ0) is 21.7. The summed E-state index contributed by atoms with van der Waals surface area (Å²) in [5, 5.41) is 0. The first-order valence-corrected chi connectivity index (χ1v) is 13.0. The van der Waals surface area contributed by atoms with Gasteiger partial charge in [0, 0.05) is 6.92 Å². The number of fused-ring (bicyclic) bond motifs is 5. The Hall–Kier alpha value is -0.790. The van der Waals surface area contributed by atoms with E-state index in [-0.39, 0.29) is 12.1 Å². The Balaban J connectivity index is 1.48. The van der Waals surface area contributed by atoms with Crippen molar-refractivity contribution in [3.63, 3.8) is 0 Å². The Bertz CT molecular complexity index is 676. The molecular weight excluding hydrogens is 368 g/mol. The van der Waals surface area contributed by atoms with Crippen molar-refractivity contribution >= 4 is 5.97 Å². The van der Waals surface area contributed by atoms with Gasteiger partial charge in [-0.15, -0.1) is 0 Å². The van der Waals surface area contributed by atoms with Crippen LogP contribution in [0.2, 0.25) is 0 Å². The van der Waals surface area contributed by atoms with Crippen LogP contribution in [0.5, 0.6) is 0 Å². The second-order valence-electron chi connectivity index (χ2n) is 12.4. The first-order chi connectivity index (χ1) is 14.1. The summed E-state index contributed by atoms with van der Waals surface area (Å²) < 4.78 is 5.64. The summed E-state index contributed by atoms with van der Waals surface area (Å²) in [6.07, 6.45) is 16.0. The lowest BCUT2D eigenvalue weighted by Crippen LogP contribution is -2.54. The van der Waals surface area contributed by atoms with Gasteiger partial charge in [-0.1, -0.05) is 32.4 Å². The predicted octanol–water partition coefficient (Wildman–Crippen LogP) is 7.57. The van der Waals surface area contributed by atoms with Crippen LogP contribution in [0.15, 0.2) is 11.6 Å². The van der Waals surface area contributed by atoms with Crippen LogP contribution in [-0.4, -0.2) is 12.1 Å². The molecular formula is C28H46O2. The molecule has 2 nitrogen and oxygen atoms in total. The molecule has 0 radical (unpaired) electrons. The standard InChI is InChI=1S/C28H46O2/c1-18(2)7-8-19(3)24-11-12-25-23-10-9-21-17-22(30-20(4)29)13-15-27(21,5)26(23)14-16-28(24,25)6/h7,19,21-26H,8-17H2,1-6H3/t19-,21+,22+,23+,24-,25+,26+,27+,28-/m1/s1. The highest BCUT2D eigenvalue weighted by atomic mass is 16.5. The smallest absolute Gasteiger partial charge is 0.302 e. The molecule has 0 heterocycles. The molecule has 0 saturated heterocycles. The molecule has 4 aliphatic carbocycles. The fraction of sp³-hybridized carbons (Fsp3) is 0.893. The second kappa shape index (κ2) is 8.28. The van der Waals surface area contributed by atoms with E-state index in [1.807, 2.05) is 0 Å². The molecule has 4 saturated carbocycles. The van der Waals surface area contributed by atoms with Crippen LogP contribution in [0, 0.1) is 46.3 Å². The molecule has 2 heteroatoms. The lowest BCUT2D eigenvalue weighted by Gasteiger charge is -2.61. The van der Waals surface area contributed by atoms with Gasteiger partial charge in [0.15, 0.2) is 0 Å². The van der Waals surface area contributed by atoms with Crippen molar-refractivity contribution in [3.05, 3.63) is 11.6 Å². The molecule has 0 N–H and O–H groups in total. The van der Waals surface area contributed by atoms with Crippen LogP contribution in [0.25, 0.3) is 0 Å². The van der Waals surface area contributed by atoms with Crippen molar-refractivity contribution in [2.24, 2.45) is 46.3 Å². The third-order valence-electron chi connectivity index (χ3n) is 10.6. The Kier molecular flexibility index (Phi) is 6.19. The second-order valence-corrected chi connectivity index (χ2v) is 12.4. The van der Waals surface area contributed by atoms with Crippen molar-refractivity contribution in [1.29, 1.82) is 0 Å². The van der Waals surface area contributed by atoms with E-state index < -0.39 is 0 Å². The third kappa shape index (κ3) is 3.79. The molecule has 0 aromatic carbocycles. The molecule has 0 aromatic rings. The molecule has 30 heavy (non-hydrogen) atoms. The average molecular weight is 415 g/mol. The zero-order valence-electron chi connectivity index (χ0n) is 20.5. The number of hydrogen-bond donors (Lipinski definition) is 0. The first-order valence-electron chi connectivity index (χ1n) is 13.0. The minimum atomic E-state index is -0.0926. The van der Waals surface area contributed by atoms with Gasteiger partial charge >= 0.3 is 5.97 Å². The van der Waals surface area contributed by atoms with Gasteiger partial charge in [0.1, 0.15) is 6.10 Å². The highest BCUT2D eigenvalue weighted by molar-refractivity contribution is 5.66. The van der Waals surface area contributed by atoms with E-state index >= 15 is 0 Å². The van der Waals surface area contributed by atoms with Crippen LogP contribution in [0.3, 0.4) is 0 Å². The molecule has 170 valence electrons. The number of esters is 1. The molecule has 0 spiro atoms. The Morgan fingerprint density at radius 1 is 0.967 bits per heavy atom. The highest BCUT2D eigenvalue weighted by Gasteiger charge is 2.60. The molecule has 0 amide bonds. The number of hydrogen-bond acceptors (Lipinski definition) is 2. The number of carbonyl (C=O) groups is 1. The summed E-state index contributed by atoms with van der Waals surface area (Å²) >= 11 is 0. The molecule has 4 aliphatic rings. The lowest BCUT2D eigenvalue weighted by molar-refractivity contribution is -0.160. The third-order valence-corrected chi connectivity index (χ3v) is 10.6. The summed E-state index contributed by atoms with van der Waals surface area (Å²) in [6, 6.07) is 0. The van der Waals surface area contributed by atoms with E-state index in [2.05, 4.69) is 40.7 Å². The molecule has 4 fully saturated rings. The fourth-order valence-corrected chi connectivity index (χ4v) is 9.12. The van der Waals surface area contributed by atoms with E-state index in [9.17, 15) is 4.79 Å². The highest BCUT2D eigenvalue weighted by Crippen LogP contribution is 2.68. The van der Waals surface area contributed by atoms with Crippen LogP contribution in [0.4, 0.5) is 0 Å². The average Bonchev–Trinajstić information content (AvgIpc) is 3.03. The Morgan fingerprint density at radius 3 is 2.37 bits per heavy atom. The molecule has 9 atom stereocenters. The van der Waals surface area contributed by atoms with Gasteiger partial charge < -0.3 is 4.74 Å². The molecule has 0 bridgehead atoms. The van der Waals surface area contributed by atoms with Crippen molar-refractivity contribution in [1.82, 2.24) is 0 Å². The SMILES string of the molecule is CC(=O)O[C@H]1CC[C@@]2(C)[C@@H](CC[C@@H]3[C@@H]2CC[C@]2(C)[C@@H]([C@H](C)CC=C(C)C)CC[C@@H]32)C1. The minimum Gasteiger partial charge on any atom is -0.463 e. The molecule has 4 rings (SSSR count). The van der Waals surface area contributed by atoms with E-state index in [0.29, 0.717) is 10.8 Å². The summed E-state index contributed by atoms with van der Waals surface area (Å²) in [4.78, 5) is 11.5. The predicted molar refractivity (Wildman–Crippen MR) is 124 cm³/mol. The van der Waals surface area contributed by atoms with Gasteiger partial charge in [0.05, 0.1) is 0 Å². The van der Waals surface area contributed by atoms with Crippen molar-refractivity contribution < 1.29 is 9.53 Å². The van der Waals surface area contributed by atoms with E-state index in [1.54, 1.807) is 6.92 Å². The summed E-state index contributed by atoms with van der Waals surface area (Å²) in [5.74, 6) is 5.18. The van der Waals surface area contributed by atoms with Gasteiger partial charge in [-0.2, -0.15) is 0 Å².